The summed E-state index contributed by atoms with van der Waals surface area (Å²) in [4.78, 5) is 13.5. The van der Waals surface area contributed by atoms with Gasteiger partial charge in [-0.3, -0.25) is 4.79 Å². The fourth-order valence-corrected chi connectivity index (χ4v) is 2.90. The van der Waals surface area contributed by atoms with E-state index in [1.807, 2.05) is 13.1 Å². The number of nitrogen functional groups attached to an aromatic ring is 1. The number of hydrogen-bond acceptors (Lipinski definition) is 5. The van der Waals surface area contributed by atoms with E-state index in [9.17, 15) is 4.79 Å². The van der Waals surface area contributed by atoms with Crippen molar-refractivity contribution < 1.29 is 14.3 Å². The van der Waals surface area contributed by atoms with Crippen LogP contribution in [0.4, 0.5) is 17.1 Å². The van der Waals surface area contributed by atoms with Crippen LogP contribution in [0.3, 0.4) is 0 Å². The van der Waals surface area contributed by atoms with Gasteiger partial charge in [-0.25, -0.2) is 0 Å². The minimum Gasteiger partial charge on any atom is -0.482 e. The first-order valence-electron chi connectivity index (χ1n) is 7.28. The average molecular weight is 291 g/mol. The van der Waals surface area contributed by atoms with Gasteiger partial charge in [-0.2, -0.15) is 0 Å². The van der Waals surface area contributed by atoms with Gasteiger partial charge >= 0.3 is 0 Å². The molecule has 0 aliphatic carbocycles. The number of anilines is 3. The van der Waals surface area contributed by atoms with E-state index in [1.54, 1.807) is 6.07 Å². The van der Waals surface area contributed by atoms with Crippen LogP contribution in [0.5, 0.6) is 5.75 Å². The summed E-state index contributed by atoms with van der Waals surface area (Å²) in [5.74, 6) is 1.01. The van der Waals surface area contributed by atoms with Crippen molar-refractivity contribution in [3.8, 4) is 5.75 Å². The molecule has 114 valence electrons. The van der Waals surface area contributed by atoms with Crippen LogP contribution in [0.25, 0.3) is 0 Å². The Morgan fingerprint density at radius 1 is 1.48 bits per heavy atom. The van der Waals surface area contributed by atoms with E-state index < -0.39 is 0 Å². The number of nitrogens with one attached hydrogen (secondary N) is 1. The maximum absolute atomic E-state index is 11.4. The molecular formula is C15H21N3O3. The molecule has 2 aliphatic rings. The second kappa shape index (κ2) is 5.81. The molecule has 1 atom stereocenters. The van der Waals surface area contributed by atoms with E-state index in [0.29, 0.717) is 23.0 Å². The molecule has 6 nitrogen and oxygen atoms in total. The SMILES string of the molecule is CN(CC1CCCOC1)c1cc2c(cc1N)OCC(=O)N2. The van der Waals surface area contributed by atoms with Crippen molar-refractivity contribution in [1.29, 1.82) is 0 Å². The standard InChI is InChI=1S/C15H21N3O3/c1-18(7-10-3-2-4-20-8-10)13-6-12-14(5-11(13)16)21-9-15(19)17-12/h5-6,10H,2-4,7-9,16H2,1H3,(H,17,19). The summed E-state index contributed by atoms with van der Waals surface area (Å²) >= 11 is 0. The molecule has 1 saturated heterocycles. The summed E-state index contributed by atoms with van der Waals surface area (Å²) in [6.07, 6.45) is 2.29. The number of nitrogens with two attached hydrogens (primary N) is 1. The van der Waals surface area contributed by atoms with Crippen molar-refractivity contribution in [1.82, 2.24) is 0 Å². The number of amides is 1. The summed E-state index contributed by atoms with van der Waals surface area (Å²) in [6, 6.07) is 3.66. The number of carbonyl (C=O) groups excluding carboxylic acids is 1. The van der Waals surface area contributed by atoms with Gasteiger partial charge in [0, 0.05) is 26.3 Å². The predicted octanol–water partition coefficient (Wildman–Crippen LogP) is 1.46. The third-order valence-corrected chi connectivity index (χ3v) is 3.96. The molecule has 1 unspecified atom stereocenters. The van der Waals surface area contributed by atoms with Crippen molar-refractivity contribution in [2.45, 2.75) is 12.8 Å². The van der Waals surface area contributed by atoms with Gasteiger partial charge < -0.3 is 25.4 Å². The molecule has 2 heterocycles. The average Bonchev–Trinajstić information content (AvgIpc) is 2.48. The van der Waals surface area contributed by atoms with Gasteiger partial charge in [-0.05, 0) is 24.8 Å². The Morgan fingerprint density at radius 2 is 2.33 bits per heavy atom. The summed E-state index contributed by atoms with van der Waals surface area (Å²) in [7, 11) is 2.01. The van der Waals surface area contributed by atoms with Gasteiger partial charge in [-0.15, -0.1) is 0 Å². The highest BCUT2D eigenvalue weighted by Crippen LogP contribution is 2.37. The van der Waals surface area contributed by atoms with Crippen LogP contribution in [-0.2, 0) is 9.53 Å². The zero-order chi connectivity index (χ0) is 14.8. The predicted molar refractivity (Wildman–Crippen MR) is 81.8 cm³/mol. The van der Waals surface area contributed by atoms with Gasteiger partial charge in [0.2, 0.25) is 0 Å². The Labute approximate surface area is 124 Å². The number of fused-ring (bicyclic) bond motifs is 1. The Kier molecular flexibility index (Phi) is 3.88. The van der Waals surface area contributed by atoms with Crippen LogP contribution >= 0.6 is 0 Å². The molecule has 2 aliphatic heterocycles. The lowest BCUT2D eigenvalue weighted by atomic mass is 10.0. The van der Waals surface area contributed by atoms with Crippen molar-refractivity contribution in [3.63, 3.8) is 0 Å². The van der Waals surface area contributed by atoms with Crippen LogP contribution in [0, 0.1) is 5.92 Å². The fraction of sp³-hybridized carbons (Fsp3) is 0.533. The molecule has 0 bridgehead atoms. The molecule has 0 aromatic heterocycles. The number of rotatable bonds is 3. The van der Waals surface area contributed by atoms with Gasteiger partial charge in [0.1, 0.15) is 5.75 Å². The molecule has 3 N–H and O–H groups in total. The molecule has 0 spiro atoms. The van der Waals surface area contributed by atoms with E-state index in [1.165, 1.54) is 6.42 Å². The van der Waals surface area contributed by atoms with E-state index in [0.717, 1.165) is 31.9 Å². The van der Waals surface area contributed by atoms with Gasteiger partial charge in [0.05, 0.1) is 23.7 Å². The van der Waals surface area contributed by atoms with Gasteiger partial charge in [-0.1, -0.05) is 0 Å². The van der Waals surface area contributed by atoms with E-state index in [2.05, 4.69) is 10.2 Å². The zero-order valence-electron chi connectivity index (χ0n) is 12.2. The highest BCUT2D eigenvalue weighted by atomic mass is 16.5. The minimum atomic E-state index is -0.137. The highest BCUT2D eigenvalue weighted by Gasteiger charge is 2.21. The zero-order valence-corrected chi connectivity index (χ0v) is 12.2. The number of hydrogen-bond donors (Lipinski definition) is 2. The first kappa shape index (κ1) is 14.0. The quantitative estimate of drug-likeness (QED) is 0.825. The summed E-state index contributed by atoms with van der Waals surface area (Å²) in [5.41, 5.74) is 8.37. The minimum absolute atomic E-state index is 0.0427. The second-order valence-electron chi connectivity index (χ2n) is 5.71. The monoisotopic (exact) mass is 291 g/mol. The van der Waals surface area contributed by atoms with Crippen LogP contribution in [0.2, 0.25) is 0 Å². The maximum Gasteiger partial charge on any atom is 0.262 e. The first-order chi connectivity index (χ1) is 10.1. The lowest BCUT2D eigenvalue weighted by Crippen LogP contribution is -2.31. The number of benzene rings is 1. The number of carbonyl (C=O) groups is 1. The topological polar surface area (TPSA) is 76.8 Å². The Morgan fingerprint density at radius 3 is 3.10 bits per heavy atom. The Bertz CT molecular complexity index is 541. The largest absolute Gasteiger partial charge is 0.482 e. The Balaban J connectivity index is 1.77. The summed E-state index contributed by atoms with van der Waals surface area (Å²) < 4.78 is 10.9. The van der Waals surface area contributed by atoms with Crippen molar-refractivity contribution in [2.75, 3.05) is 49.4 Å². The molecule has 21 heavy (non-hydrogen) atoms. The molecule has 6 heteroatoms. The van der Waals surface area contributed by atoms with Gasteiger partial charge in [0.15, 0.2) is 6.61 Å². The fourth-order valence-electron chi connectivity index (χ4n) is 2.90. The number of ether oxygens (including phenoxy) is 2. The van der Waals surface area contributed by atoms with E-state index >= 15 is 0 Å². The van der Waals surface area contributed by atoms with Crippen LogP contribution in [0.15, 0.2) is 12.1 Å². The lowest BCUT2D eigenvalue weighted by molar-refractivity contribution is -0.118. The Hall–Kier alpha value is -1.95. The molecule has 1 fully saturated rings. The first-order valence-corrected chi connectivity index (χ1v) is 7.28. The third kappa shape index (κ3) is 3.05. The molecule has 3 rings (SSSR count). The normalized spacial score (nSPS) is 21.2. The summed E-state index contributed by atoms with van der Waals surface area (Å²) in [5, 5.41) is 2.82. The van der Waals surface area contributed by atoms with Crippen molar-refractivity contribution >= 4 is 23.0 Å². The van der Waals surface area contributed by atoms with Crippen LogP contribution in [0.1, 0.15) is 12.8 Å². The molecule has 1 aromatic rings. The maximum atomic E-state index is 11.4. The molecule has 1 aromatic carbocycles. The third-order valence-electron chi connectivity index (χ3n) is 3.96. The van der Waals surface area contributed by atoms with Crippen LogP contribution < -0.4 is 20.7 Å². The van der Waals surface area contributed by atoms with E-state index in [4.69, 9.17) is 15.2 Å². The van der Waals surface area contributed by atoms with Gasteiger partial charge in [0.25, 0.3) is 5.91 Å². The molecule has 0 saturated carbocycles. The van der Waals surface area contributed by atoms with Crippen molar-refractivity contribution in [2.24, 2.45) is 5.92 Å². The van der Waals surface area contributed by atoms with Crippen molar-refractivity contribution in [3.05, 3.63) is 12.1 Å². The van der Waals surface area contributed by atoms with E-state index in [-0.39, 0.29) is 12.5 Å². The molecular weight excluding hydrogens is 270 g/mol. The smallest absolute Gasteiger partial charge is 0.262 e. The molecule has 0 radical (unpaired) electrons. The highest BCUT2D eigenvalue weighted by molar-refractivity contribution is 5.97. The molecule has 1 amide bonds. The summed E-state index contributed by atoms with van der Waals surface area (Å²) in [6.45, 7) is 2.60. The second-order valence-corrected chi connectivity index (χ2v) is 5.71. The van der Waals surface area contributed by atoms with Crippen LogP contribution in [-0.4, -0.2) is 39.3 Å². The lowest BCUT2D eigenvalue weighted by Gasteiger charge is -2.30. The number of nitrogens with zero attached hydrogens (tertiary/aromatic N) is 1.